The lowest BCUT2D eigenvalue weighted by atomic mass is 10.1. The molecule has 0 aliphatic rings. The molecular formula is C11H21N3O. The van der Waals surface area contributed by atoms with Gasteiger partial charge in [0.05, 0.1) is 12.7 Å². The molecular weight excluding hydrogens is 190 g/mol. The predicted molar refractivity (Wildman–Crippen MR) is 60.6 cm³/mol. The van der Waals surface area contributed by atoms with Crippen molar-refractivity contribution in [2.45, 2.75) is 39.3 Å². The minimum absolute atomic E-state index is 0.213. The number of aromatic nitrogens is 1. The first-order chi connectivity index (χ1) is 7.08. The summed E-state index contributed by atoms with van der Waals surface area (Å²) in [5, 5.41) is 6.74. The van der Waals surface area contributed by atoms with E-state index in [1.165, 1.54) is 6.39 Å². The molecule has 0 aliphatic heterocycles. The zero-order valence-electron chi connectivity index (χ0n) is 9.84. The summed E-state index contributed by atoms with van der Waals surface area (Å²) in [7, 11) is 0. The molecule has 0 atom stereocenters. The summed E-state index contributed by atoms with van der Waals surface area (Å²) in [5.74, 6) is 0.888. The average molecular weight is 211 g/mol. The minimum atomic E-state index is 0.213. The van der Waals surface area contributed by atoms with Crippen LogP contribution in [0.5, 0.6) is 0 Å². The van der Waals surface area contributed by atoms with Crippen molar-refractivity contribution in [1.82, 2.24) is 15.6 Å². The van der Waals surface area contributed by atoms with Crippen LogP contribution in [0.1, 0.15) is 33.0 Å². The molecule has 0 unspecified atom stereocenters. The Hall–Kier alpha value is -0.870. The molecule has 4 nitrogen and oxygen atoms in total. The number of oxazole rings is 1. The fourth-order valence-corrected chi connectivity index (χ4v) is 1.22. The van der Waals surface area contributed by atoms with E-state index in [2.05, 4.69) is 36.4 Å². The Bertz CT molecular complexity index is 251. The number of hydrogen-bond donors (Lipinski definition) is 2. The van der Waals surface area contributed by atoms with Crippen LogP contribution in [-0.4, -0.2) is 23.6 Å². The van der Waals surface area contributed by atoms with E-state index in [1.807, 2.05) is 0 Å². The summed E-state index contributed by atoms with van der Waals surface area (Å²) in [6, 6.07) is 0. The van der Waals surface area contributed by atoms with E-state index < -0.39 is 0 Å². The van der Waals surface area contributed by atoms with Crippen molar-refractivity contribution >= 4 is 0 Å². The van der Waals surface area contributed by atoms with Crippen molar-refractivity contribution in [2.24, 2.45) is 0 Å². The highest BCUT2D eigenvalue weighted by molar-refractivity contribution is 4.86. The van der Waals surface area contributed by atoms with Crippen molar-refractivity contribution in [3.63, 3.8) is 0 Å². The molecule has 0 amide bonds. The van der Waals surface area contributed by atoms with Crippen LogP contribution in [-0.2, 0) is 6.54 Å². The third-order valence-electron chi connectivity index (χ3n) is 1.97. The van der Waals surface area contributed by atoms with Gasteiger partial charge in [0, 0.05) is 5.54 Å². The summed E-state index contributed by atoms with van der Waals surface area (Å²) < 4.78 is 5.11. The average Bonchev–Trinajstić information content (AvgIpc) is 2.61. The zero-order valence-corrected chi connectivity index (χ0v) is 9.84. The summed E-state index contributed by atoms with van der Waals surface area (Å²) in [5.41, 5.74) is 0.213. The molecule has 0 aliphatic carbocycles. The van der Waals surface area contributed by atoms with Gasteiger partial charge in [0.1, 0.15) is 5.76 Å². The first-order valence-corrected chi connectivity index (χ1v) is 5.41. The highest BCUT2D eigenvalue weighted by atomic mass is 16.3. The van der Waals surface area contributed by atoms with E-state index >= 15 is 0 Å². The Morgan fingerprint density at radius 3 is 2.73 bits per heavy atom. The maximum atomic E-state index is 5.11. The molecule has 0 saturated carbocycles. The van der Waals surface area contributed by atoms with Gasteiger partial charge < -0.3 is 15.1 Å². The van der Waals surface area contributed by atoms with Crippen LogP contribution >= 0.6 is 0 Å². The van der Waals surface area contributed by atoms with Crippen LogP contribution in [0.2, 0.25) is 0 Å². The van der Waals surface area contributed by atoms with Gasteiger partial charge >= 0.3 is 0 Å². The Labute approximate surface area is 91.5 Å². The number of nitrogens with one attached hydrogen (secondary N) is 2. The molecule has 1 aromatic rings. The lowest BCUT2D eigenvalue weighted by molar-refractivity contribution is 0.414. The largest absolute Gasteiger partial charge is 0.447 e. The molecule has 86 valence electrons. The molecule has 0 spiro atoms. The Kier molecular flexibility index (Phi) is 4.78. The van der Waals surface area contributed by atoms with Crippen molar-refractivity contribution < 1.29 is 4.42 Å². The Morgan fingerprint density at radius 1 is 1.33 bits per heavy atom. The van der Waals surface area contributed by atoms with Crippen LogP contribution in [0.3, 0.4) is 0 Å². The predicted octanol–water partition coefficient (Wildman–Crippen LogP) is 1.54. The van der Waals surface area contributed by atoms with Crippen molar-refractivity contribution in [1.29, 1.82) is 0 Å². The van der Waals surface area contributed by atoms with Crippen LogP contribution in [0.25, 0.3) is 0 Å². The number of rotatable bonds is 6. The van der Waals surface area contributed by atoms with Gasteiger partial charge in [-0.1, -0.05) is 0 Å². The molecule has 0 fully saturated rings. The van der Waals surface area contributed by atoms with Gasteiger partial charge in [0.15, 0.2) is 6.39 Å². The van der Waals surface area contributed by atoms with Crippen LogP contribution in [0.4, 0.5) is 0 Å². The van der Waals surface area contributed by atoms with E-state index in [0.717, 1.165) is 31.8 Å². The maximum Gasteiger partial charge on any atom is 0.180 e. The first kappa shape index (κ1) is 12.2. The van der Waals surface area contributed by atoms with E-state index in [-0.39, 0.29) is 5.54 Å². The van der Waals surface area contributed by atoms with E-state index in [9.17, 15) is 0 Å². The molecule has 0 aromatic carbocycles. The van der Waals surface area contributed by atoms with Gasteiger partial charge in [0.2, 0.25) is 0 Å². The molecule has 0 radical (unpaired) electrons. The third-order valence-corrected chi connectivity index (χ3v) is 1.97. The highest BCUT2D eigenvalue weighted by Crippen LogP contribution is 1.98. The van der Waals surface area contributed by atoms with Gasteiger partial charge in [-0.2, -0.15) is 0 Å². The Morgan fingerprint density at radius 2 is 2.13 bits per heavy atom. The van der Waals surface area contributed by atoms with E-state index in [4.69, 9.17) is 4.42 Å². The molecule has 1 rings (SSSR count). The standard InChI is InChI=1S/C11H21N3O/c1-11(2,3)14-6-4-5-12-7-10-8-13-9-15-10/h8-9,12,14H,4-7H2,1-3H3. The first-order valence-electron chi connectivity index (χ1n) is 5.41. The fourth-order valence-electron chi connectivity index (χ4n) is 1.22. The molecule has 0 saturated heterocycles. The van der Waals surface area contributed by atoms with Gasteiger partial charge in [0.25, 0.3) is 0 Å². The summed E-state index contributed by atoms with van der Waals surface area (Å²) in [4.78, 5) is 3.85. The topological polar surface area (TPSA) is 50.1 Å². The molecule has 4 heteroatoms. The van der Waals surface area contributed by atoms with Crippen LogP contribution in [0, 0.1) is 0 Å². The van der Waals surface area contributed by atoms with Crippen molar-refractivity contribution in [3.05, 3.63) is 18.4 Å². The normalized spacial score (nSPS) is 11.9. The van der Waals surface area contributed by atoms with Gasteiger partial charge in [-0.3, -0.25) is 0 Å². The molecule has 15 heavy (non-hydrogen) atoms. The van der Waals surface area contributed by atoms with Gasteiger partial charge in [-0.25, -0.2) is 4.98 Å². The molecule has 1 aromatic heterocycles. The lowest BCUT2D eigenvalue weighted by Gasteiger charge is -2.20. The van der Waals surface area contributed by atoms with Crippen LogP contribution < -0.4 is 10.6 Å². The second-order valence-corrected chi connectivity index (χ2v) is 4.67. The minimum Gasteiger partial charge on any atom is -0.447 e. The number of hydrogen-bond acceptors (Lipinski definition) is 4. The zero-order chi connectivity index (χ0) is 11.1. The second-order valence-electron chi connectivity index (χ2n) is 4.67. The summed E-state index contributed by atoms with van der Waals surface area (Å²) in [6.45, 7) is 9.31. The van der Waals surface area contributed by atoms with E-state index in [1.54, 1.807) is 6.20 Å². The van der Waals surface area contributed by atoms with Gasteiger partial charge in [-0.15, -0.1) is 0 Å². The van der Waals surface area contributed by atoms with E-state index in [0.29, 0.717) is 0 Å². The summed E-state index contributed by atoms with van der Waals surface area (Å²) in [6.07, 6.45) is 4.31. The fraction of sp³-hybridized carbons (Fsp3) is 0.727. The Balaban J connectivity index is 1.94. The number of nitrogens with zero attached hydrogens (tertiary/aromatic N) is 1. The smallest absolute Gasteiger partial charge is 0.180 e. The third kappa shape index (κ3) is 6.25. The SMILES string of the molecule is CC(C)(C)NCCCNCc1cnco1. The monoisotopic (exact) mass is 211 g/mol. The molecule has 2 N–H and O–H groups in total. The lowest BCUT2D eigenvalue weighted by Crippen LogP contribution is -2.37. The summed E-state index contributed by atoms with van der Waals surface area (Å²) >= 11 is 0. The van der Waals surface area contributed by atoms with Crippen LogP contribution in [0.15, 0.2) is 17.0 Å². The molecule has 0 bridgehead atoms. The highest BCUT2D eigenvalue weighted by Gasteiger charge is 2.06. The van der Waals surface area contributed by atoms with Crippen molar-refractivity contribution in [2.75, 3.05) is 13.1 Å². The second kappa shape index (κ2) is 5.88. The quantitative estimate of drug-likeness (QED) is 0.701. The molecule has 1 heterocycles. The maximum absolute atomic E-state index is 5.11. The van der Waals surface area contributed by atoms with Gasteiger partial charge in [-0.05, 0) is 40.3 Å². The van der Waals surface area contributed by atoms with Crippen molar-refractivity contribution in [3.8, 4) is 0 Å².